The Morgan fingerprint density at radius 1 is 0.931 bits per heavy atom. The van der Waals surface area contributed by atoms with Crippen molar-refractivity contribution in [1.82, 2.24) is 4.31 Å². The van der Waals surface area contributed by atoms with Crippen molar-refractivity contribution in [3.63, 3.8) is 0 Å². The van der Waals surface area contributed by atoms with E-state index in [1.807, 2.05) is 30.3 Å². The third-order valence-corrected chi connectivity index (χ3v) is 6.69. The molecule has 5 nitrogen and oxygen atoms in total. The summed E-state index contributed by atoms with van der Waals surface area (Å²) in [6.45, 7) is -0.254. The van der Waals surface area contributed by atoms with Gasteiger partial charge in [-0.1, -0.05) is 57.9 Å². The molecule has 0 atom stereocenters. The van der Waals surface area contributed by atoms with Crippen molar-refractivity contribution in [2.45, 2.75) is 11.4 Å². The molecule has 0 aliphatic carbocycles. The summed E-state index contributed by atoms with van der Waals surface area (Å²) in [5.41, 5.74) is 1.36. The summed E-state index contributed by atoms with van der Waals surface area (Å²) < 4.78 is 28.4. The summed E-state index contributed by atoms with van der Waals surface area (Å²) in [5, 5.41) is 3.17. The lowest BCUT2D eigenvalue weighted by molar-refractivity contribution is -0.116. The molecule has 0 saturated heterocycles. The summed E-state index contributed by atoms with van der Waals surface area (Å²) in [7, 11) is -3.90. The van der Waals surface area contributed by atoms with Crippen molar-refractivity contribution in [3.05, 3.63) is 93.9 Å². The number of halogens is 2. The van der Waals surface area contributed by atoms with Gasteiger partial charge in [0.15, 0.2) is 0 Å². The second kappa shape index (κ2) is 9.54. The van der Waals surface area contributed by atoms with Gasteiger partial charge in [0.05, 0.1) is 11.4 Å². The third-order valence-electron chi connectivity index (χ3n) is 4.10. The quantitative estimate of drug-likeness (QED) is 0.507. The fourth-order valence-corrected chi connectivity index (χ4v) is 4.44. The Bertz CT molecular complexity index is 1070. The van der Waals surface area contributed by atoms with E-state index in [2.05, 4.69) is 21.2 Å². The number of sulfonamides is 1. The molecule has 3 aromatic rings. The zero-order chi connectivity index (χ0) is 20.9. The Kier molecular flexibility index (Phi) is 7.08. The van der Waals surface area contributed by atoms with Crippen LogP contribution in [0.25, 0.3) is 0 Å². The maximum absolute atomic E-state index is 13.2. The molecule has 0 aliphatic heterocycles. The third kappa shape index (κ3) is 5.90. The van der Waals surface area contributed by atoms with Crippen molar-refractivity contribution < 1.29 is 13.2 Å². The highest BCUT2D eigenvalue weighted by molar-refractivity contribution is 9.10. The lowest BCUT2D eigenvalue weighted by Gasteiger charge is -2.22. The summed E-state index contributed by atoms with van der Waals surface area (Å²) in [6, 6.07) is 22.1. The highest BCUT2D eigenvalue weighted by Crippen LogP contribution is 2.21. The van der Waals surface area contributed by atoms with Crippen molar-refractivity contribution in [2.75, 3.05) is 11.9 Å². The number of carbonyl (C=O) groups is 1. The van der Waals surface area contributed by atoms with Crippen LogP contribution in [-0.4, -0.2) is 25.2 Å². The van der Waals surface area contributed by atoms with E-state index in [0.717, 1.165) is 14.3 Å². The summed E-state index contributed by atoms with van der Waals surface area (Å²) in [6.07, 6.45) is 0. The predicted octanol–water partition coefficient (Wildman–Crippen LogP) is 4.93. The van der Waals surface area contributed by atoms with Crippen molar-refractivity contribution in [3.8, 4) is 0 Å². The minimum Gasteiger partial charge on any atom is -0.325 e. The molecule has 0 aromatic heterocycles. The van der Waals surface area contributed by atoms with Gasteiger partial charge in [-0.3, -0.25) is 4.79 Å². The number of hydrogen-bond acceptors (Lipinski definition) is 3. The molecular weight excluding hydrogens is 476 g/mol. The minimum absolute atomic E-state index is 0.0690. The van der Waals surface area contributed by atoms with Crippen LogP contribution >= 0.6 is 27.5 Å². The molecule has 0 bridgehead atoms. The molecule has 1 N–H and O–H groups in total. The molecular formula is C21H18BrClN2O3S. The second-order valence-corrected chi connectivity index (χ2v) is 9.56. The van der Waals surface area contributed by atoms with Gasteiger partial charge in [0.1, 0.15) is 0 Å². The normalized spacial score (nSPS) is 11.4. The van der Waals surface area contributed by atoms with E-state index in [1.165, 1.54) is 24.3 Å². The van der Waals surface area contributed by atoms with Gasteiger partial charge >= 0.3 is 0 Å². The monoisotopic (exact) mass is 492 g/mol. The zero-order valence-corrected chi connectivity index (χ0v) is 18.4. The lowest BCUT2D eigenvalue weighted by Crippen LogP contribution is -2.37. The van der Waals surface area contributed by atoms with Crippen LogP contribution in [-0.2, 0) is 21.4 Å². The molecule has 0 radical (unpaired) electrons. The molecule has 150 valence electrons. The van der Waals surface area contributed by atoms with Crippen LogP contribution < -0.4 is 5.32 Å². The largest absolute Gasteiger partial charge is 0.325 e. The molecule has 3 aromatic carbocycles. The molecule has 29 heavy (non-hydrogen) atoms. The van der Waals surface area contributed by atoms with Crippen molar-refractivity contribution >= 4 is 49.1 Å². The molecule has 1 amide bonds. The molecule has 0 spiro atoms. The molecule has 0 unspecified atom stereocenters. The number of hydrogen-bond donors (Lipinski definition) is 1. The summed E-state index contributed by atoms with van der Waals surface area (Å²) in [4.78, 5) is 12.7. The Labute approximate surface area is 183 Å². The first kappa shape index (κ1) is 21.5. The van der Waals surface area contributed by atoms with Crippen molar-refractivity contribution in [2.24, 2.45) is 0 Å². The Morgan fingerprint density at radius 3 is 2.17 bits per heavy atom. The number of nitrogens with one attached hydrogen (secondary N) is 1. The fraction of sp³-hybridized carbons (Fsp3) is 0.0952. The van der Waals surface area contributed by atoms with Crippen LogP contribution in [0.4, 0.5) is 5.69 Å². The highest BCUT2D eigenvalue weighted by Gasteiger charge is 2.27. The van der Waals surface area contributed by atoms with E-state index in [0.29, 0.717) is 10.7 Å². The van der Waals surface area contributed by atoms with Crippen molar-refractivity contribution in [1.29, 1.82) is 0 Å². The van der Waals surface area contributed by atoms with Gasteiger partial charge in [-0.2, -0.15) is 4.31 Å². The first-order valence-corrected chi connectivity index (χ1v) is 11.3. The zero-order valence-electron chi connectivity index (χ0n) is 15.3. The SMILES string of the molecule is O=C(CN(Cc1ccccc1)S(=O)(=O)c1ccc(Cl)cc1)Nc1ccc(Br)cc1. The number of benzene rings is 3. The van der Waals surface area contributed by atoms with Gasteiger partial charge in [0.25, 0.3) is 0 Å². The van der Waals surface area contributed by atoms with Crippen LogP contribution in [0.2, 0.25) is 5.02 Å². The predicted molar refractivity (Wildman–Crippen MR) is 118 cm³/mol. The highest BCUT2D eigenvalue weighted by atomic mass is 79.9. The van der Waals surface area contributed by atoms with Gasteiger partial charge in [-0.25, -0.2) is 8.42 Å². The number of amides is 1. The smallest absolute Gasteiger partial charge is 0.243 e. The average Bonchev–Trinajstić information content (AvgIpc) is 2.70. The first-order chi connectivity index (χ1) is 13.8. The van der Waals surface area contributed by atoms with Gasteiger partial charge in [0, 0.05) is 21.7 Å². The van der Waals surface area contributed by atoms with E-state index in [4.69, 9.17) is 11.6 Å². The van der Waals surface area contributed by atoms with Crippen LogP contribution in [0, 0.1) is 0 Å². The summed E-state index contributed by atoms with van der Waals surface area (Å²) >= 11 is 9.22. The standard InChI is InChI=1S/C21H18BrClN2O3S/c22-17-6-10-19(11-7-17)24-21(26)15-25(14-16-4-2-1-3-5-16)29(27,28)20-12-8-18(23)9-13-20/h1-13H,14-15H2,(H,24,26). The number of nitrogens with zero attached hydrogens (tertiary/aromatic N) is 1. The van der Waals surface area contributed by atoms with E-state index >= 15 is 0 Å². The number of rotatable bonds is 7. The van der Waals surface area contributed by atoms with Gasteiger partial charge in [-0.05, 0) is 54.1 Å². The minimum atomic E-state index is -3.90. The van der Waals surface area contributed by atoms with Crippen LogP contribution in [0.1, 0.15) is 5.56 Å². The van der Waals surface area contributed by atoms with Gasteiger partial charge in [-0.15, -0.1) is 0 Å². The first-order valence-electron chi connectivity index (χ1n) is 8.70. The van der Waals surface area contributed by atoms with E-state index in [1.54, 1.807) is 24.3 Å². The second-order valence-electron chi connectivity index (χ2n) is 6.27. The van der Waals surface area contributed by atoms with Gasteiger partial charge in [0.2, 0.25) is 15.9 Å². The number of anilines is 1. The topological polar surface area (TPSA) is 66.5 Å². The van der Waals surface area contributed by atoms with E-state index in [-0.39, 0.29) is 18.0 Å². The van der Waals surface area contributed by atoms with Crippen LogP contribution in [0.3, 0.4) is 0 Å². The molecule has 0 aliphatic rings. The molecule has 0 fully saturated rings. The molecule has 0 saturated carbocycles. The van der Waals surface area contributed by atoms with Crippen LogP contribution in [0.15, 0.2) is 88.2 Å². The average molecular weight is 494 g/mol. The fourth-order valence-electron chi connectivity index (χ4n) is 2.66. The lowest BCUT2D eigenvalue weighted by atomic mass is 10.2. The maximum Gasteiger partial charge on any atom is 0.243 e. The van der Waals surface area contributed by atoms with Crippen LogP contribution in [0.5, 0.6) is 0 Å². The molecule has 3 rings (SSSR count). The van der Waals surface area contributed by atoms with Gasteiger partial charge < -0.3 is 5.32 Å². The Hall–Kier alpha value is -2.19. The Morgan fingerprint density at radius 2 is 1.55 bits per heavy atom. The maximum atomic E-state index is 13.2. The number of carbonyl (C=O) groups excluding carboxylic acids is 1. The molecule has 0 heterocycles. The van der Waals surface area contributed by atoms with E-state index in [9.17, 15) is 13.2 Å². The van der Waals surface area contributed by atoms with E-state index < -0.39 is 15.9 Å². The Balaban J connectivity index is 1.85. The molecule has 8 heteroatoms. The summed E-state index contributed by atoms with van der Waals surface area (Å²) in [5.74, 6) is -0.430.